The molecule has 13 heavy (non-hydrogen) atoms. The van der Waals surface area contributed by atoms with Crippen molar-refractivity contribution in [2.75, 3.05) is 0 Å². The Kier molecular flexibility index (Phi) is 3.52. The number of rotatable bonds is 5. The molecule has 1 fully saturated rings. The summed E-state index contributed by atoms with van der Waals surface area (Å²) in [5.41, 5.74) is 0.0000926. The molecule has 0 bridgehead atoms. The van der Waals surface area contributed by atoms with Gasteiger partial charge in [-0.3, -0.25) is 0 Å². The molecule has 0 aromatic heterocycles. The van der Waals surface area contributed by atoms with Crippen LogP contribution in [0.15, 0.2) is 12.3 Å². The van der Waals surface area contributed by atoms with E-state index in [2.05, 4.69) is 13.5 Å². The molecule has 0 saturated heterocycles. The summed E-state index contributed by atoms with van der Waals surface area (Å²) in [6.45, 7) is 5.89. The molecule has 2 heteroatoms. The first-order valence-electron chi connectivity index (χ1n) is 5.03. The molecule has 1 saturated carbocycles. The fourth-order valence-electron chi connectivity index (χ4n) is 1.99. The van der Waals surface area contributed by atoms with Crippen LogP contribution in [0, 0.1) is 0 Å². The van der Waals surface area contributed by atoms with Crippen LogP contribution in [0.25, 0.3) is 0 Å². The second kappa shape index (κ2) is 4.45. The normalized spacial score (nSPS) is 19.8. The fraction of sp³-hybridized carbons (Fsp3) is 0.727. The highest BCUT2D eigenvalue weighted by atomic mass is 16.5. The zero-order valence-corrected chi connectivity index (χ0v) is 8.34. The lowest BCUT2D eigenvalue weighted by Gasteiger charge is -2.29. The lowest BCUT2D eigenvalue weighted by Crippen LogP contribution is -2.27. The maximum absolute atomic E-state index is 10.2. The molecule has 0 atom stereocenters. The third-order valence-corrected chi connectivity index (χ3v) is 2.83. The van der Waals surface area contributed by atoms with Gasteiger partial charge in [0.1, 0.15) is 11.9 Å². The molecule has 0 aliphatic heterocycles. The van der Waals surface area contributed by atoms with Gasteiger partial charge in [-0.15, -0.1) is 0 Å². The van der Waals surface area contributed by atoms with Crippen molar-refractivity contribution in [3.05, 3.63) is 12.3 Å². The lowest BCUT2D eigenvalue weighted by molar-refractivity contribution is -0.108. The standard InChI is InChI=1S/C11H18O2/c1-3-11(7-4-5-8-11)13-10(2)6-9-12/h9H,2-8H2,1H3. The van der Waals surface area contributed by atoms with Crippen LogP contribution < -0.4 is 0 Å². The average Bonchev–Trinajstić information content (AvgIpc) is 2.54. The molecule has 1 rings (SSSR count). The summed E-state index contributed by atoms with van der Waals surface area (Å²) >= 11 is 0. The minimum atomic E-state index is 0.0000926. The van der Waals surface area contributed by atoms with E-state index in [9.17, 15) is 4.79 Å². The number of hydrogen-bond acceptors (Lipinski definition) is 2. The first kappa shape index (κ1) is 10.3. The molecule has 2 nitrogen and oxygen atoms in total. The molecule has 0 unspecified atom stereocenters. The predicted molar refractivity (Wildman–Crippen MR) is 52.4 cm³/mol. The number of allylic oxidation sites excluding steroid dienone is 1. The number of aldehydes is 1. The number of hydrogen-bond donors (Lipinski definition) is 0. The van der Waals surface area contributed by atoms with Gasteiger partial charge in [0, 0.05) is 0 Å². The van der Waals surface area contributed by atoms with E-state index in [1.807, 2.05) is 0 Å². The predicted octanol–water partition coefficient (Wildman–Crippen LogP) is 2.83. The van der Waals surface area contributed by atoms with Gasteiger partial charge in [0.2, 0.25) is 0 Å². The van der Waals surface area contributed by atoms with Crippen LogP contribution in [0.5, 0.6) is 0 Å². The summed E-state index contributed by atoms with van der Waals surface area (Å²) in [7, 11) is 0. The molecule has 0 heterocycles. The molecule has 0 N–H and O–H groups in total. The smallest absolute Gasteiger partial charge is 0.127 e. The van der Waals surface area contributed by atoms with Gasteiger partial charge in [0.25, 0.3) is 0 Å². The highest BCUT2D eigenvalue weighted by molar-refractivity contribution is 5.52. The Morgan fingerprint density at radius 1 is 1.54 bits per heavy atom. The monoisotopic (exact) mass is 182 g/mol. The van der Waals surface area contributed by atoms with Crippen LogP contribution in [-0.4, -0.2) is 11.9 Å². The summed E-state index contributed by atoms with van der Waals surface area (Å²) in [5.74, 6) is 0.624. The largest absolute Gasteiger partial charge is 0.492 e. The molecule has 0 amide bonds. The van der Waals surface area contributed by atoms with Crippen molar-refractivity contribution in [3.8, 4) is 0 Å². The summed E-state index contributed by atoms with van der Waals surface area (Å²) in [5, 5.41) is 0. The number of ether oxygens (including phenoxy) is 1. The van der Waals surface area contributed by atoms with E-state index in [-0.39, 0.29) is 5.60 Å². The highest BCUT2D eigenvalue weighted by Gasteiger charge is 2.34. The molecule has 74 valence electrons. The Balaban J connectivity index is 2.47. The maximum atomic E-state index is 10.2. The second-order valence-corrected chi connectivity index (χ2v) is 3.76. The third-order valence-electron chi connectivity index (χ3n) is 2.83. The minimum Gasteiger partial charge on any atom is -0.492 e. The molecule has 0 aromatic rings. The number of carbonyl (C=O) groups excluding carboxylic acids is 1. The van der Waals surface area contributed by atoms with Crippen molar-refractivity contribution in [1.82, 2.24) is 0 Å². The van der Waals surface area contributed by atoms with E-state index in [0.29, 0.717) is 12.2 Å². The van der Waals surface area contributed by atoms with Crippen molar-refractivity contribution in [3.63, 3.8) is 0 Å². The van der Waals surface area contributed by atoms with E-state index in [1.165, 1.54) is 12.8 Å². The SMILES string of the molecule is C=C(CC=O)OC1(CC)CCCC1. The van der Waals surface area contributed by atoms with E-state index < -0.39 is 0 Å². The number of carbonyl (C=O) groups is 1. The molecular formula is C11H18O2. The van der Waals surface area contributed by atoms with Crippen LogP contribution in [0.4, 0.5) is 0 Å². The average molecular weight is 182 g/mol. The van der Waals surface area contributed by atoms with Gasteiger partial charge in [0.15, 0.2) is 0 Å². The lowest BCUT2D eigenvalue weighted by atomic mass is 9.99. The zero-order valence-electron chi connectivity index (χ0n) is 8.34. The summed E-state index contributed by atoms with van der Waals surface area (Å²) in [6.07, 6.45) is 6.90. The van der Waals surface area contributed by atoms with Crippen LogP contribution in [0.3, 0.4) is 0 Å². The fourth-order valence-corrected chi connectivity index (χ4v) is 1.99. The molecular weight excluding hydrogens is 164 g/mol. The minimum absolute atomic E-state index is 0.0000926. The van der Waals surface area contributed by atoms with Gasteiger partial charge >= 0.3 is 0 Å². The quantitative estimate of drug-likeness (QED) is 0.482. The summed E-state index contributed by atoms with van der Waals surface area (Å²) in [4.78, 5) is 10.2. The highest BCUT2D eigenvalue weighted by Crippen LogP contribution is 2.37. The van der Waals surface area contributed by atoms with E-state index in [0.717, 1.165) is 25.5 Å². The van der Waals surface area contributed by atoms with Crippen molar-refractivity contribution < 1.29 is 9.53 Å². The van der Waals surface area contributed by atoms with E-state index in [4.69, 9.17) is 4.74 Å². The maximum Gasteiger partial charge on any atom is 0.127 e. The van der Waals surface area contributed by atoms with Crippen molar-refractivity contribution >= 4 is 6.29 Å². The Bertz CT molecular complexity index is 190. The van der Waals surface area contributed by atoms with Crippen molar-refractivity contribution in [1.29, 1.82) is 0 Å². The summed E-state index contributed by atoms with van der Waals surface area (Å²) < 4.78 is 5.76. The molecule has 0 radical (unpaired) electrons. The first-order chi connectivity index (χ1) is 6.22. The van der Waals surface area contributed by atoms with Gasteiger partial charge in [-0.05, 0) is 32.1 Å². The second-order valence-electron chi connectivity index (χ2n) is 3.76. The zero-order chi connectivity index (χ0) is 9.73. The van der Waals surface area contributed by atoms with E-state index in [1.54, 1.807) is 0 Å². The molecule has 1 aliphatic rings. The van der Waals surface area contributed by atoms with Crippen LogP contribution in [0.2, 0.25) is 0 Å². The van der Waals surface area contributed by atoms with Crippen LogP contribution >= 0.6 is 0 Å². The van der Waals surface area contributed by atoms with Gasteiger partial charge in [-0.25, -0.2) is 0 Å². The van der Waals surface area contributed by atoms with Crippen molar-refractivity contribution in [2.45, 2.75) is 51.0 Å². The Hall–Kier alpha value is -0.790. The molecule has 0 aromatic carbocycles. The third kappa shape index (κ3) is 2.58. The van der Waals surface area contributed by atoms with Gasteiger partial charge in [-0.2, -0.15) is 0 Å². The molecule has 1 aliphatic carbocycles. The first-order valence-corrected chi connectivity index (χ1v) is 5.03. The van der Waals surface area contributed by atoms with Gasteiger partial charge in [0.05, 0.1) is 12.2 Å². The Morgan fingerprint density at radius 2 is 2.15 bits per heavy atom. The Labute approximate surface area is 80.0 Å². The van der Waals surface area contributed by atoms with Crippen LogP contribution in [0.1, 0.15) is 45.4 Å². The van der Waals surface area contributed by atoms with Crippen LogP contribution in [-0.2, 0) is 9.53 Å². The molecule has 0 spiro atoms. The van der Waals surface area contributed by atoms with Crippen molar-refractivity contribution in [2.24, 2.45) is 0 Å². The van der Waals surface area contributed by atoms with Gasteiger partial charge in [-0.1, -0.05) is 13.5 Å². The summed E-state index contributed by atoms with van der Waals surface area (Å²) in [6, 6.07) is 0. The van der Waals surface area contributed by atoms with Gasteiger partial charge < -0.3 is 9.53 Å². The Morgan fingerprint density at radius 3 is 2.62 bits per heavy atom. The topological polar surface area (TPSA) is 26.3 Å². The van der Waals surface area contributed by atoms with E-state index >= 15 is 0 Å².